The number of nitrogens with one attached hydrogen (secondary N) is 1. The molecule has 0 aliphatic carbocycles. The first-order chi connectivity index (χ1) is 14.6. The predicted octanol–water partition coefficient (Wildman–Crippen LogP) is 2.55. The molecule has 4 aromatic heterocycles. The van der Waals surface area contributed by atoms with Gasteiger partial charge in [-0.15, -0.1) is 10.2 Å². The number of nitrogens with zero attached hydrogens (tertiary/aromatic N) is 7. The Hall–Kier alpha value is -4.21. The number of ether oxygens (including phenoxy) is 1. The third-order valence-corrected chi connectivity index (χ3v) is 5.32. The maximum absolute atomic E-state index is 10.2. The van der Waals surface area contributed by atoms with E-state index in [-0.39, 0.29) is 11.7 Å². The molecule has 0 saturated heterocycles. The van der Waals surface area contributed by atoms with E-state index in [4.69, 9.17) is 9.72 Å². The van der Waals surface area contributed by atoms with Crippen molar-refractivity contribution in [3.63, 3.8) is 0 Å². The number of para-hydroxylation sites is 1. The van der Waals surface area contributed by atoms with Gasteiger partial charge in [-0.05, 0) is 19.1 Å². The van der Waals surface area contributed by atoms with Gasteiger partial charge in [0.15, 0.2) is 11.5 Å². The third-order valence-electron chi connectivity index (χ3n) is 5.32. The first-order valence-electron chi connectivity index (χ1n) is 9.35. The second-order valence-electron chi connectivity index (χ2n) is 7.23. The molecule has 10 nitrogen and oxygen atoms in total. The number of phenolic OH excluding ortho intramolecular Hbond substituents is 1. The lowest BCUT2D eigenvalue weighted by molar-refractivity contribution is 0.416. The van der Waals surface area contributed by atoms with E-state index in [1.165, 1.54) is 0 Å². The van der Waals surface area contributed by atoms with Crippen LogP contribution in [-0.2, 0) is 7.05 Å². The zero-order chi connectivity index (χ0) is 20.4. The number of aromatic amines is 1. The lowest BCUT2D eigenvalue weighted by Gasteiger charge is -2.24. The monoisotopic (exact) mass is 400 g/mol. The zero-order valence-corrected chi connectivity index (χ0v) is 16.1. The van der Waals surface area contributed by atoms with Crippen molar-refractivity contribution in [1.29, 1.82) is 0 Å². The van der Waals surface area contributed by atoms with Crippen molar-refractivity contribution in [3.8, 4) is 28.9 Å². The Morgan fingerprint density at radius 1 is 1.17 bits per heavy atom. The highest BCUT2D eigenvalue weighted by Gasteiger charge is 2.37. The Labute approximate surface area is 169 Å². The van der Waals surface area contributed by atoms with Gasteiger partial charge in [0, 0.05) is 30.1 Å². The van der Waals surface area contributed by atoms with Gasteiger partial charge < -0.3 is 9.84 Å². The van der Waals surface area contributed by atoms with Gasteiger partial charge in [0.1, 0.15) is 12.1 Å². The summed E-state index contributed by atoms with van der Waals surface area (Å²) in [4.78, 5) is 9.20. The Kier molecular flexibility index (Phi) is 3.28. The molecule has 1 aliphatic rings. The summed E-state index contributed by atoms with van der Waals surface area (Å²) in [5, 5.41) is 26.4. The maximum atomic E-state index is 10.2. The van der Waals surface area contributed by atoms with Crippen LogP contribution in [0.15, 0.2) is 43.0 Å². The molecule has 0 radical (unpaired) electrons. The number of hydrogen-bond donors (Lipinski definition) is 2. The first kappa shape index (κ1) is 16.7. The molecule has 5 heterocycles. The van der Waals surface area contributed by atoms with Gasteiger partial charge in [-0.1, -0.05) is 12.1 Å². The summed E-state index contributed by atoms with van der Waals surface area (Å²) >= 11 is 0. The van der Waals surface area contributed by atoms with E-state index in [1.807, 2.05) is 32.4 Å². The molecule has 5 aromatic rings. The lowest BCUT2D eigenvalue weighted by Crippen LogP contribution is -2.14. The first-order valence-corrected chi connectivity index (χ1v) is 9.35. The number of H-pyrrole nitrogens is 1. The zero-order valence-electron chi connectivity index (χ0n) is 16.1. The Bertz CT molecular complexity index is 1430. The smallest absolute Gasteiger partial charge is 0.244 e. The number of aromatic nitrogens is 8. The van der Waals surface area contributed by atoms with Crippen LogP contribution in [0.3, 0.4) is 0 Å². The van der Waals surface area contributed by atoms with Crippen LogP contribution in [0, 0.1) is 6.92 Å². The number of rotatable bonds is 2. The van der Waals surface area contributed by atoms with Crippen molar-refractivity contribution >= 4 is 5.65 Å². The van der Waals surface area contributed by atoms with Crippen LogP contribution in [0.1, 0.15) is 28.3 Å². The fraction of sp³-hybridized carbons (Fsp3) is 0.150. The SMILES string of the molecule is Cc1[nH]nc2c1C(c1cnn(C)c1)c1c(ncn3nc(-c4ccccc4O)nc13)O2. The quantitative estimate of drug-likeness (QED) is 0.458. The molecule has 1 aliphatic heterocycles. The third kappa shape index (κ3) is 2.27. The lowest BCUT2D eigenvalue weighted by atomic mass is 9.86. The highest BCUT2D eigenvalue weighted by molar-refractivity contribution is 5.70. The van der Waals surface area contributed by atoms with Crippen molar-refractivity contribution in [2.75, 3.05) is 0 Å². The van der Waals surface area contributed by atoms with Crippen molar-refractivity contribution in [2.24, 2.45) is 7.05 Å². The summed E-state index contributed by atoms with van der Waals surface area (Å²) in [5.74, 6) is 1.21. The minimum Gasteiger partial charge on any atom is -0.507 e. The number of aryl methyl sites for hydroxylation is 2. The highest BCUT2D eigenvalue weighted by atomic mass is 16.5. The number of benzene rings is 1. The Morgan fingerprint density at radius 2 is 2.03 bits per heavy atom. The van der Waals surface area contributed by atoms with Crippen molar-refractivity contribution in [3.05, 3.63) is 65.4 Å². The van der Waals surface area contributed by atoms with Gasteiger partial charge in [0.25, 0.3) is 0 Å². The normalized spacial score (nSPS) is 15.1. The van der Waals surface area contributed by atoms with E-state index in [2.05, 4.69) is 25.4 Å². The minimum absolute atomic E-state index is 0.114. The molecule has 1 unspecified atom stereocenters. The van der Waals surface area contributed by atoms with E-state index < -0.39 is 0 Å². The molecule has 10 heteroatoms. The Balaban J connectivity index is 1.64. The average molecular weight is 400 g/mol. The van der Waals surface area contributed by atoms with E-state index in [1.54, 1.807) is 33.7 Å². The van der Waals surface area contributed by atoms with Crippen LogP contribution >= 0.6 is 0 Å². The maximum Gasteiger partial charge on any atom is 0.244 e. The van der Waals surface area contributed by atoms with Gasteiger partial charge in [-0.25, -0.2) is 14.5 Å². The van der Waals surface area contributed by atoms with Gasteiger partial charge in [-0.3, -0.25) is 9.78 Å². The van der Waals surface area contributed by atoms with Crippen LogP contribution in [0.25, 0.3) is 17.0 Å². The standard InChI is InChI=1S/C20H16N8O2/c1-10-14-15(11-7-22-27(2)8-11)16-18-23-17(12-5-3-4-6-13(12)29)26-28(18)9-21-19(16)30-20(14)25-24-10/h3-9,15,29H,1-2H3,(H,24,25). The van der Waals surface area contributed by atoms with Gasteiger partial charge in [0.2, 0.25) is 11.8 Å². The highest BCUT2D eigenvalue weighted by Crippen LogP contribution is 2.48. The van der Waals surface area contributed by atoms with Gasteiger partial charge in [0.05, 0.1) is 23.2 Å². The second kappa shape index (κ2) is 5.89. The molecule has 1 aromatic carbocycles. The van der Waals surface area contributed by atoms with E-state index in [0.717, 1.165) is 22.4 Å². The molecule has 0 saturated carbocycles. The summed E-state index contributed by atoms with van der Waals surface area (Å²) in [6.07, 6.45) is 5.33. The van der Waals surface area contributed by atoms with Gasteiger partial charge >= 0.3 is 0 Å². The van der Waals surface area contributed by atoms with Crippen LogP contribution in [-0.4, -0.2) is 44.7 Å². The molecular formula is C20H16N8O2. The number of phenols is 1. The van der Waals surface area contributed by atoms with Crippen LogP contribution in [0.5, 0.6) is 17.5 Å². The number of aromatic hydroxyl groups is 1. The summed E-state index contributed by atoms with van der Waals surface area (Å²) in [7, 11) is 1.87. The summed E-state index contributed by atoms with van der Waals surface area (Å²) < 4.78 is 9.35. The van der Waals surface area contributed by atoms with Crippen LogP contribution in [0.4, 0.5) is 0 Å². The fourth-order valence-corrected chi connectivity index (χ4v) is 3.96. The second-order valence-corrected chi connectivity index (χ2v) is 7.23. The molecule has 0 amide bonds. The van der Waals surface area contributed by atoms with Gasteiger partial charge in [-0.2, -0.15) is 5.10 Å². The number of fused-ring (bicyclic) bond motifs is 4. The van der Waals surface area contributed by atoms with E-state index >= 15 is 0 Å². The van der Waals surface area contributed by atoms with Crippen molar-refractivity contribution in [2.45, 2.75) is 12.8 Å². The van der Waals surface area contributed by atoms with Crippen molar-refractivity contribution in [1.82, 2.24) is 39.6 Å². The molecule has 1 atom stereocenters. The molecular weight excluding hydrogens is 384 g/mol. The summed E-state index contributed by atoms with van der Waals surface area (Å²) in [5.41, 5.74) is 4.69. The molecule has 2 N–H and O–H groups in total. The van der Waals surface area contributed by atoms with E-state index in [0.29, 0.717) is 28.8 Å². The molecule has 0 fully saturated rings. The summed E-state index contributed by atoms with van der Waals surface area (Å²) in [6.45, 7) is 1.95. The summed E-state index contributed by atoms with van der Waals surface area (Å²) in [6, 6.07) is 6.97. The topological polar surface area (TPSA) is 119 Å². The number of hydrogen-bond acceptors (Lipinski definition) is 7. The van der Waals surface area contributed by atoms with Crippen molar-refractivity contribution < 1.29 is 9.84 Å². The average Bonchev–Trinajstić information content (AvgIpc) is 3.45. The minimum atomic E-state index is -0.228. The molecule has 148 valence electrons. The van der Waals surface area contributed by atoms with Crippen LogP contribution < -0.4 is 4.74 Å². The molecule has 0 bridgehead atoms. The molecule has 0 spiro atoms. The van der Waals surface area contributed by atoms with E-state index in [9.17, 15) is 5.11 Å². The molecule has 30 heavy (non-hydrogen) atoms. The predicted molar refractivity (Wildman–Crippen MR) is 105 cm³/mol. The Morgan fingerprint density at radius 3 is 2.83 bits per heavy atom. The fourth-order valence-electron chi connectivity index (χ4n) is 3.96. The largest absolute Gasteiger partial charge is 0.507 e. The van der Waals surface area contributed by atoms with Crippen LogP contribution in [0.2, 0.25) is 0 Å². The molecule has 6 rings (SSSR count).